The van der Waals surface area contributed by atoms with Gasteiger partial charge in [0.1, 0.15) is 5.82 Å². The van der Waals surface area contributed by atoms with Crippen LogP contribution in [0.4, 0.5) is 5.69 Å². The van der Waals surface area contributed by atoms with Gasteiger partial charge in [0.15, 0.2) is 28.8 Å². The van der Waals surface area contributed by atoms with Crippen LogP contribution < -0.4 is 29.6 Å². The van der Waals surface area contributed by atoms with E-state index in [1.54, 1.807) is 29.2 Å². The number of ketones is 1. The number of phenols is 1. The first-order chi connectivity index (χ1) is 18.1. The van der Waals surface area contributed by atoms with Crippen molar-refractivity contribution in [3.8, 4) is 34.8 Å². The van der Waals surface area contributed by atoms with Gasteiger partial charge < -0.3 is 29.8 Å². The lowest BCUT2D eigenvalue weighted by Crippen LogP contribution is -2.42. The summed E-state index contributed by atoms with van der Waals surface area (Å²) in [5.74, 6) is 0.921. The molecule has 0 spiro atoms. The van der Waals surface area contributed by atoms with E-state index >= 15 is 0 Å². The van der Waals surface area contributed by atoms with Gasteiger partial charge in [0, 0.05) is 29.8 Å². The van der Waals surface area contributed by atoms with Crippen LogP contribution in [0.3, 0.4) is 0 Å². The maximum Gasteiger partial charge on any atom is 0.203 e. The van der Waals surface area contributed by atoms with Crippen LogP contribution in [-0.4, -0.2) is 38.8 Å². The fourth-order valence-electron chi connectivity index (χ4n) is 5.31. The van der Waals surface area contributed by atoms with E-state index in [1.807, 2.05) is 20.8 Å². The van der Waals surface area contributed by atoms with Crippen molar-refractivity contribution >= 4 is 11.5 Å². The summed E-state index contributed by atoms with van der Waals surface area (Å²) in [6, 6.07) is 10.6. The Balaban J connectivity index is 2.02. The maximum atomic E-state index is 13.8. The Morgan fingerprint density at radius 2 is 1.74 bits per heavy atom. The lowest BCUT2D eigenvalue weighted by atomic mass is 9.68. The minimum atomic E-state index is -0.711. The summed E-state index contributed by atoms with van der Waals surface area (Å²) < 4.78 is 22.2. The first-order valence-electron chi connectivity index (χ1n) is 12.3. The van der Waals surface area contributed by atoms with E-state index in [2.05, 4.69) is 6.07 Å². The average Bonchev–Trinajstić information content (AvgIpc) is 2.88. The third-order valence-electron chi connectivity index (χ3n) is 6.91. The molecule has 1 heterocycles. The molecule has 1 unspecified atom stereocenters. The van der Waals surface area contributed by atoms with Gasteiger partial charge in [-0.2, -0.15) is 5.26 Å². The lowest BCUT2D eigenvalue weighted by Gasteiger charge is -2.44. The predicted octanol–water partition coefficient (Wildman–Crippen LogP) is 4.76. The third kappa shape index (κ3) is 4.47. The number of nitriles is 1. The molecule has 2 aromatic carbocycles. The highest BCUT2D eigenvalue weighted by molar-refractivity contribution is 6.01. The topological polar surface area (TPSA) is 127 Å². The van der Waals surface area contributed by atoms with Crippen LogP contribution in [-0.2, 0) is 4.79 Å². The SMILES string of the molecule is CCOc1cc(C2C(C#N)=C(N)N(c3cc(OC)c(OC)c(OC)c3)C3=C2C(=O)CC(C)(C)C3)ccc1O. The summed E-state index contributed by atoms with van der Waals surface area (Å²) in [6.07, 6.45) is 0.859. The predicted molar refractivity (Wildman–Crippen MR) is 142 cm³/mol. The zero-order chi connectivity index (χ0) is 27.8. The Kier molecular flexibility index (Phi) is 7.18. The summed E-state index contributed by atoms with van der Waals surface area (Å²) in [4.78, 5) is 15.5. The van der Waals surface area contributed by atoms with Crippen molar-refractivity contribution in [1.29, 1.82) is 5.26 Å². The van der Waals surface area contributed by atoms with Gasteiger partial charge >= 0.3 is 0 Å². The number of carbonyl (C=O) groups is 1. The molecule has 0 radical (unpaired) electrons. The Bertz CT molecular complexity index is 1360. The van der Waals surface area contributed by atoms with Crippen LogP contribution in [0.1, 0.15) is 45.1 Å². The van der Waals surface area contributed by atoms with Crippen LogP contribution in [0.5, 0.6) is 28.7 Å². The van der Waals surface area contributed by atoms with Gasteiger partial charge in [-0.1, -0.05) is 19.9 Å². The molecular weight excluding hydrogens is 486 g/mol. The van der Waals surface area contributed by atoms with Crippen molar-refractivity contribution in [3.63, 3.8) is 0 Å². The lowest BCUT2D eigenvalue weighted by molar-refractivity contribution is -0.118. The van der Waals surface area contributed by atoms with Crippen molar-refractivity contribution < 1.29 is 28.8 Å². The van der Waals surface area contributed by atoms with Gasteiger partial charge in [0.25, 0.3) is 0 Å². The van der Waals surface area contributed by atoms with Crippen LogP contribution in [0.25, 0.3) is 0 Å². The molecule has 1 aliphatic heterocycles. The van der Waals surface area contributed by atoms with E-state index in [0.29, 0.717) is 59.2 Å². The number of aromatic hydroxyl groups is 1. The van der Waals surface area contributed by atoms with Crippen molar-refractivity contribution in [2.75, 3.05) is 32.8 Å². The molecule has 200 valence electrons. The molecule has 4 rings (SSSR count). The highest BCUT2D eigenvalue weighted by atomic mass is 16.5. The van der Waals surface area contributed by atoms with E-state index in [0.717, 1.165) is 0 Å². The molecule has 0 aromatic heterocycles. The number of rotatable bonds is 7. The molecule has 0 bridgehead atoms. The molecule has 2 aromatic rings. The third-order valence-corrected chi connectivity index (χ3v) is 6.91. The Morgan fingerprint density at radius 3 is 2.29 bits per heavy atom. The number of ether oxygens (including phenoxy) is 4. The van der Waals surface area contributed by atoms with Crippen LogP contribution >= 0.6 is 0 Å². The largest absolute Gasteiger partial charge is 0.504 e. The maximum absolute atomic E-state index is 13.8. The van der Waals surface area contributed by atoms with Gasteiger partial charge in [0.05, 0.1) is 51.2 Å². The summed E-state index contributed by atoms with van der Waals surface area (Å²) in [5.41, 5.74) is 9.05. The second-order valence-electron chi connectivity index (χ2n) is 10.0. The minimum absolute atomic E-state index is 0.0220. The summed E-state index contributed by atoms with van der Waals surface area (Å²) in [5, 5.41) is 20.6. The number of nitrogens with zero attached hydrogens (tertiary/aromatic N) is 2. The molecule has 0 fully saturated rings. The van der Waals surface area contributed by atoms with E-state index in [9.17, 15) is 15.2 Å². The molecule has 0 saturated carbocycles. The smallest absolute Gasteiger partial charge is 0.203 e. The normalized spacial score (nSPS) is 18.6. The Hall–Kier alpha value is -4.32. The summed E-state index contributed by atoms with van der Waals surface area (Å²) >= 11 is 0. The first-order valence-corrected chi connectivity index (χ1v) is 12.3. The number of nitrogens with two attached hydrogens (primary N) is 1. The number of phenolic OH excluding ortho intramolecular Hbond substituents is 1. The monoisotopic (exact) mass is 519 g/mol. The second-order valence-corrected chi connectivity index (χ2v) is 10.0. The molecule has 1 aliphatic carbocycles. The molecule has 38 heavy (non-hydrogen) atoms. The Labute approximate surface area is 222 Å². The Morgan fingerprint density at radius 1 is 1.08 bits per heavy atom. The number of benzene rings is 2. The highest BCUT2D eigenvalue weighted by Crippen LogP contribution is 2.52. The van der Waals surface area contributed by atoms with E-state index in [4.69, 9.17) is 24.7 Å². The molecule has 2 aliphatic rings. The fraction of sp³-hybridized carbons (Fsp3) is 0.379. The molecule has 1 atom stereocenters. The van der Waals surface area contributed by atoms with Crippen LogP contribution in [0, 0.1) is 16.7 Å². The molecule has 9 nitrogen and oxygen atoms in total. The number of hydrogen-bond donors (Lipinski definition) is 2. The van der Waals surface area contributed by atoms with Gasteiger partial charge in [-0.3, -0.25) is 9.69 Å². The molecule has 9 heteroatoms. The molecular formula is C29H33N3O6. The summed E-state index contributed by atoms with van der Waals surface area (Å²) in [6.45, 7) is 6.23. The zero-order valence-corrected chi connectivity index (χ0v) is 22.5. The average molecular weight is 520 g/mol. The first kappa shape index (κ1) is 26.7. The second kappa shape index (κ2) is 10.2. The van der Waals surface area contributed by atoms with Crippen LogP contribution in [0.15, 0.2) is 53.0 Å². The zero-order valence-electron chi connectivity index (χ0n) is 22.5. The summed E-state index contributed by atoms with van der Waals surface area (Å²) in [7, 11) is 4.56. The van der Waals surface area contributed by atoms with E-state index in [-0.39, 0.29) is 34.1 Å². The number of methoxy groups -OCH3 is 3. The molecule has 0 amide bonds. The van der Waals surface area contributed by atoms with Gasteiger partial charge in [0.2, 0.25) is 5.75 Å². The van der Waals surface area contributed by atoms with Crippen molar-refractivity contribution in [1.82, 2.24) is 0 Å². The van der Waals surface area contributed by atoms with E-state index in [1.165, 1.54) is 27.4 Å². The quantitative estimate of drug-likeness (QED) is 0.532. The number of allylic oxidation sites excluding steroid dienone is 3. The highest BCUT2D eigenvalue weighted by Gasteiger charge is 2.45. The van der Waals surface area contributed by atoms with Crippen molar-refractivity contribution in [2.24, 2.45) is 11.1 Å². The van der Waals surface area contributed by atoms with Gasteiger partial charge in [-0.25, -0.2) is 0 Å². The van der Waals surface area contributed by atoms with Crippen molar-refractivity contribution in [2.45, 2.75) is 39.5 Å². The number of hydrogen-bond acceptors (Lipinski definition) is 9. The minimum Gasteiger partial charge on any atom is -0.504 e. The van der Waals surface area contributed by atoms with E-state index < -0.39 is 5.92 Å². The molecule has 3 N–H and O–H groups in total. The number of carbonyl (C=O) groups excluding carboxylic acids is 1. The standard InChI is InChI=1S/C29H33N3O6/c1-7-38-22-10-16(8-9-20(22)33)25-18(15-30)28(31)32(19-13-29(2,3)14-21(34)26(19)25)17-11-23(35-4)27(37-6)24(12-17)36-5/h8-12,25,33H,7,13-14,31H2,1-6H3. The molecule has 0 saturated heterocycles. The number of anilines is 1. The van der Waals surface area contributed by atoms with Crippen molar-refractivity contribution in [3.05, 3.63) is 58.6 Å². The van der Waals surface area contributed by atoms with Crippen LogP contribution in [0.2, 0.25) is 0 Å². The van der Waals surface area contributed by atoms with Gasteiger partial charge in [-0.05, 0) is 36.5 Å². The fourth-order valence-corrected chi connectivity index (χ4v) is 5.31. The van der Waals surface area contributed by atoms with Gasteiger partial charge in [-0.15, -0.1) is 0 Å². The number of Topliss-reactive ketones (excluding diaryl/α,β-unsaturated/α-hetero) is 1.